The Balaban J connectivity index is 1.76. The van der Waals surface area contributed by atoms with Gasteiger partial charge in [0.05, 0.1) is 11.8 Å². The predicted molar refractivity (Wildman–Crippen MR) is 87.7 cm³/mol. The Bertz CT molecular complexity index is 891. The van der Waals surface area contributed by atoms with Crippen LogP contribution in [0.3, 0.4) is 0 Å². The van der Waals surface area contributed by atoms with Gasteiger partial charge in [0.15, 0.2) is 18.2 Å². The molecule has 0 aliphatic carbocycles. The molecule has 6 heteroatoms. The van der Waals surface area contributed by atoms with Gasteiger partial charge in [0.25, 0.3) is 0 Å². The summed E-state index contributed by atoms with van der Waals surface area (Å²) >= 11 is 5.95. The molecule has 0 aliphatic rings. The van der Waals surface area contributed by atoms with Gasteiger partial charge in [0.1, 0.15) is 11.6 Å². The molecule has 0 radical (unpaired) electrons. The molecule has 0 saturated heterocycles. The lowest BCUT2D eigenvalue weighted by Crippen LogP contribution is -2.02. The Morgan fingerprint density at radius 1 is 1.29 bits per heavy atom. The quantitative estimate of drug-likeness (QED) is 0.616. The van der Waals surface area contributed by atoms with Crippen molar-refractivity contribution < 1.29 is 18.3 Å². The number of ether oxygens (including phenoxy) is 1. The Morgan fingerprint density at radius 3 is 2.88 bits per heavy atom. The largest absolute Gasteiger partial charge is 0.483 e. The molecule has 0 atom stereocenters. The molecule has 24 heavy (non-hydrogen) atoms. The second-order valence-electron chi connectivity index (χ2n) is 5.11. The van der Waals surface area contributed by atoms with Crippen LogP contribution in [0.2, 0.25) is 5.02 Å². The number of ketones is 1. The summed E-state index contributed by atoms with van der Waals surface area (Å²) in [6.07, 6.45) is 1.57. The molecule has 0 fully saturated rings. The highest BCUT2D eigenvalue weighted by molar-refractivity contribution is 6.30. The fraction of sp³-hybridized carbons (Fsp3) is 0.111. The van der Waals surface area contributed by atoms with Crippen molar-refractivity contribution in [2.24, 2.45) is 0 Å². The second-order valence-corrected chi connectivity index (χ2v) is 5.55. The van der Waals surface area contributed by atoms with E-state index in [1.54, 1.807) is 18.3 Å². The number of carbonyl (C=O) groups excluding carboxylic acids is 1. The van der Waals surface area contributed by atoms with E-state index < -0.39 is 5.82 Å². The molecule has 0 aliphatic heterocycles. The number of rotatable bonds is 5. The number of benzene rings is 2. The van der Waals surface area contributed by atoms with E-state index in [9.17, 15) is 9.18 Å². The molecule has 3 rings (SSSR count). The smallest absolute Gasteiger partial charge is 0.232 e. The average Bonchev–Trinajstić information content (AvgIpc) is 3.02. The number of oxazole rings is 1. The highest BCUT2D eigenvalue weighted by atomic mass is 35.5. The second kappa shape index (κ2) is 6.84. The van der Waals surface area contributed by atoms with Gasteiger partial charge >= 0.3 is 0 Å². The molecule has 4 nitrogen and oxygen atoms in total. The molecule has 2 aromatic carbocycles. The number of hydrogen-bond acceptors (Lipinski definition) is 4. The van der Waals surface area contributed by atoms with E-state index >= 15 is 0 Å². The average molecular weight is 346 g/mol. The summed E-state index contributed by atoms with van der Waals surface area (Å²) in [5.74, 6) is 0.403. The lowest BCUT2D eigenvalue weighted by Gasteiger charge is -2.08. The topological polar surface area (TPSA) is 52.3 Å². The number of hydrogen-bond donors (Lipinski definition) is 0. The molecule has 0 saturated carbocycles. The van der Waals surface area contributed by atoms with Gasteiger partial charge in [0.2, 0.25) is 5.89 Å². The van der Waals surface area contributed by atoms with Gasteiger partial charge in [-0.05, 0) is 37.3 Å². The first-order valence-corrected chi connectivity index (χ1v) is 7.54. The van der Waals surface area contributed by atoms with E-state index in [-0.39, 0.29) is 23.7 Å². The van der Waals surface area contributed by atoms with Crippen molar-refractivity contribution in [1.29, 1.82) is 0 Å². The minimum atomic E-state index is -0.494. The number of nitrogens with zero attached hydrogens (tertiary/aromatic N) is 1. The Kier molecular flexibility index (Phi) is 4.62. The molecular formula is C18H13ClFNO3. The van der Waals surface area contributed by atoms with Gasteiger partial charge in [-0.25, -0.2) is 9.37 Å². The normalized spacial score (nSPS) is 10.6. The van der Waals surface area contributed by atoms with Crippen LogP contribution in [-0.2, 0) is 6.61 Å². The minimum absolute atomic E-state index is 0.0203. The minimum Gasteiger partial charge on any atom is -0.483 e. The van der Waals surface area contributed by atoms with E-state index in [0.29, 0.717) is 16.7 Å². The standard InChI is InChI=1S/C18H13ClFNO3/c1-11(22)15-8-14(20)5-6-16(15)23-10-18-21-9-17(24-18)12-3-2-4-13(19)7-12/h2-9H,10H2,1H3. The van der Waals surface area contributed by atoms with E-state index in [1.807, 2.05) is 12.1 Å². The third-order valence-corrected chi connectivity index (χ3v) is 3.57. The van der Waals surface area contributed by atoms with Gasteiger partial charge in [-0.3, -0.25) is 4.79 Å². The molecule has 0 amide bonds. The van der Waals surface area contributed by atoms with Gasteiger partial charge in [-0.2, -0.15) is 0 Å². The van der Waals surface area contributed by atoms with Crippen molar-refractivity contribution >= 4 is 17.4 Å². The summed E-state index contributed by atoms with van der Waals surface area (Å²) in [5, 5.41) is 0.596. The molecule has 0 bridgehead atoms. The van der Waals surface area contributed by atoms with Crippen LogP contribution in [0.15, 0.2) is 53.1 Å². The predicted octanol–water partition coefficient (Wildman–Crippen LogP) is 4.92. The number of aromatic nitrogens is 1. The maximum absolute atomic E-state index is 13.2. The zero-order valence-corrected chi connectivity index (χ0v) is 13.5. The van der Waals surface area contributed by atoms with Gasteiger partial charge in [0, 0.05) is 10.6 Å². The van der Waals surface area contributed by atoms with E-state index in [0.717, 1.165) is 11.6 Å². The number of carbonyl (C=O) groups is 1. The summed E-state index contributed by atoms with van der Waals surface area (Å²) in [4.78, 5) is 15.7. The van der Waals surface area contributed by atoms with Crippen molar-refractivity contribution in [3.63, 3.8) is 0 Å². The summed E-state index contributed by atoms with van der Waals surface area (Å²) in [7, 11) is 0. The van der Waals surface area contributed by atoms with Crippen LogP contribution in [0.1, 0.15) is 23.2 Å². The van der Waals surface area contributed by atoms with E-state index in [1.165, 1.54) is 19.1 Å². The molecule has 1 heterocycles. The van der Waals surface area contributed by atoms with Crippen LogP contribution >= 0.6 is 11.6 Å². The maximum atomic E-state index is 13.2. The van der Waals surface area contributed by atoms with Gasteiger partial charge < -0.3 is 9.15 Å². The highest BCUT2D eigenvalue weighted by Gasteiger charge is 2.12. The van der Waals surface area contributed by atoms with Crippen molar-refractivity contribution in [2.75, 3.05) is 0 Å². The molecular weight excluding hydrogens is 333 g/mol. The maximum Gasteiger partial charge on any atom is 0.232 e. The zero-order valence-electron chi connectivity index (χ0n) is 12.8. The molecule has 1 aromatic heterocycles. The molecule has 0 unspecified atom stereocenters. The Morgan fingerprint density at radius 2 is 2.12 bits per heavy atom. The van der Waals surface area contributed by atoms with Crippen molar-refractivity contribution in [3.8, 4) is 17.1 Å². The molecule has 122 valence electrons. The van der Waals surface area contributed by atoms with Gasteiger partial charge in [-0.15, -0.1) is 0 Å². The summed E-state index contributed by atoms with van der Waals surface area (Å²) in [6, 6.07) is 11.0. The molecule has 0 spiro atoms. The lowest BCUT2D eigenvalue weighted by atomic mass is 10.1. The molecule has 3 aromatic rings. The molecule has 0 N–H and O–H groups in total. The number of Topliss-reactive ketones (excluding diaryl/α,β-unsaturated/α-hetero) is 1. The van der Waals surface area contributed by atoms with E-state index in [2.05, 4.69) is 4.98 Å². The fourth-order valence-corrected chi connectivity index (χ4v) is 2.39. The first kappa shape index (κ1) is 16.2. The van der Waals surface area contributed by atoms with Crippen molar-refractivity contribution in [3.05, 3.63) is 71.0 Å². The Hall–Kier alpha value is -2.66. The highest BCUT2D eigenvalue weighted by Crippen LogP contribution is 2.25. The van der Waals surface area contributed by atoms with Crippen molar-refractivity contribution in [1.82, 2.24) is 4.98 Å². The van der Waals surface area contributed by atoms with Crippen molar-refractivity contribution in [2.45, 2.75) is 13.5 Å². The van der Waals surface area contributed by atoms with Crippen LogP contribution in [0.4, 0.5) is 4.39 Å². The lowest BCUT2D eigenvalue weighted by molar-refractivity contribution is 0.101. The SMILES string of the molecule is CC(=O)c1cc(F)ccc1OCc1ncc(-c2cccc(Cl)c2)o1. The van der Waals surface area contributed by atoms with Crippen LogP contribution in [0.25, 0.3) is 11.3 Å². The monoisotopic (exact) mass is 345 g/mol. The number of halogens is 2. The van der Waals surface area contributed by atoms with E-state index in [4.69, 9.17) is 20.8 Å². The van der Waals surface area contributed by atoms with Gasteiger partial charge in [-0.1, -0.05) is 23.7 Å². The van der Waals surface area contributed by atoms with Crippen LogP contribution in [-0.4, -0.2) is 10.8 Å². The summed E-state index contributed by atoms with van der Waals surface area (Å²) < 4.78 is 24.4. The van der Waals surface area contributed by atoms with Crippen LogP contribution in [0, 0.1) is 5.82 Å². The first-order chi connectivity index (χ1) is 11.5. The third kappa shape index (κ3) is 3.63. The Labute approximate surface area is 142 Å². The van der Waals surface area contributed by atoms with Crippen LogP contribution in [0.5, 0.6) is 5.75 Å². The third-order valence-electron chi connectivity index (χ3n) is 3.33. The first-order valence-electron chi connectivity index (χ1n) is 7.17. The zero-order chi connectivity index (χ0) is 17.1. The summed E-state index contributed by atoms with van der Waals surface area (Å²) in [6.45, 7) is 1.37. The van der Waals surface area contributed by atoms with Crippen LogP contribution < -0.4 is 4.74 Å². The fourth-order valence-electron chi connectivity index (χ4n) is 2.19. The summed E-state index contributed by atoms with van der Waals surface area (Å²) in [5.41, 5.74) is 0.976.